The molecule has 3 aromatic rings. The first kappa shape index (κ1) is 16.1. The number of fused-ring (bicyclic) bond motifs is 1. The van der Waals surface area contributed by atoms with Crippen LogP contribution in [-0.2, 0) is 11.2 Å². The van der Waals surface area contributed by atoms with Gasteiger partial charge in [0.2, 0.25) is 5.91 Å². The number of ether oxygens (including phenoxy) is 1. The van der Waals surface area contributed by atoms with Crippen LogP contribution >= 0.6 is 0 Å². The number of hydrogen-bond acceptors (Lipinski definition) is 3. The summed E-state index contributed by atoms with van der Waals surface area (Å²) in [6, 6.07) is 13.7. The molecule has 0 bridgehead atoms. The van der Waals surface area contributed by atoms with Gasteiger partial charge in [0.1, 0.15) is 5.75 Å². The maximum absolute atomic E-state index is 12.2. The number of imidazole rings is 1. The lowest BCUT2D eigenvalue weighted by Crippen LogP contribution is -2.26. The Balaban J connectivity index is 1.54. The van der Waals surface area contributed by atoms with Crippen LogP contribution in [-0.4, -0.2) is 23.0 Å². The Bertz CT molecular complexity index is 824. The van der Waals surface area contributed by atoms with Crippen molar-refractivity contribution in [2.75, 3.05) is 7.11 Å². The molecule has 0 radical (unpaired) electrons. The minimum atomic E-state index is -0.0292. The fourth-order valence-electron chi connectivity index (χ4n) is 2.69. The van der Waals surface area contributed by atoms with Crippen LogP contribution in [0.5, 0.6) is 5.75 Å². The highest BCUT2D eigenvalue weighted by atomic mass is 16.5. The lowest BCUT2D eigenvalue weighted by Gasteiger charge is -2.15. The molecule has 3 rings (SSSR count). The molecule has 24 heavy (non-hydrogen) atoms. The van der Waals surface area contributed by atoms with Crippen LogP contribution in [0.1, 0.15) is 30.5 Å². The van der Waals surface area contributed by atoms with Crippen molar-refractivity contribution in [3.63, 3.8) is 0 Å². The van der Waals surface area contributed by atoms with Gasteiger partial charge in [0.05, 0.1) is 30.5 Å². The van der Waals surface area contributed by atoms with Crippen molar-refractivity contribution < 1.29 is 9.53 Å². The van der Waals surface area contributed by atoms with E-state index in [1.54, 1.807) is 13.4 Å². The van der Waals surface area contributed by atoms with Gasteiger partial charge in [-0.25, -0.2) is 4.98 Å². The number of nitrogens with one attached hydrogen (secondary N) is 2. The third-order valence-electron chi connectivity index (χ3n) is 4.12. The summed E-state index contributed by atoms with van der Waals surface area (Å²) in [6.45, 7) is 1.98. The van der Waals surface area contributed by atoms with Crippen LogP contribution in [0.3, 0.4) is 0 Å². The zero-order valence-electron chi connectivity index (χ0n) is 13.9. The number of H-pyrrole nitrogens is 1. The first-order valence-corrected chi connectivity index (χ1v) is 8.01. The van der Waals surface area contributed by atoms with Gasteiger partial charge in [-0.3, -0.25) is 4.79 Å². The van der Waals surface area contributed by atoms with E-state index in [1.165, 1.54) is 0 Å². The number of carbonyl (C=O) groups is 1. The van der Waals surface area contributed by atoms with Crippen LogP contribution in [0.25, 0.3) is 11.0 Å². The molecule has 5 heteroatoms. The Kier molecular flexibility index (Phi) is 4.79. The van der Waals surface area contributed by atoms with Gasteiger partial charge >= 0.3 is 0 Å². The van der Waals surface area contributed by atoms with Crippen LogP contribution < -0.4 is 10.1 Å². The number of aromatic nitrogens is 2. The second-order valence-electron chi connectivity index (χ2n) is 5.82. The molecule has 0 saturated heterocycles. The van der Waals surface area contributed by atoms with Crippen molar-refractivity contribution in [3.05, 3.63) is 59.9 Å². The van der Waals surface area contributed by atoms with E-state index in [2.05, 4.69) is 15.3 Å². The van der Waals surface area contributed by atoms with E-state index in [0.29, 0.717) is 12.8 Å². The molecular weight excluding hydrogens is 302 g/mol. The second kappa shape index (κ2) is 7.17. The number of rotatable bonds is 6. The third kappa shape index (κ3) is 3.74. The molecule has 5 nitrogen and oxygen atoms in total. The molecular formula is C19H21N3O2. The Hall–Kier alpha value is -2.82. The Morgan fingerprint density at radius 1 is 1.25 bits per heavy atom. The molecule has 1 heterocycles. The average molecular weight is 323 g/mol. The maximum atomic E-state index is 12.2. The number of aryl methyl sites for hydroxylation is 1. The molecule has 0 fully saturated rings. The van der Waals surface area contributed by atoms with Gasteiger partial charge in [0.25, 0.3) is 0 Å². The zero-order valence-corrected chi connectivity index (χ0v) is 13.9. The third-order valence-corrected chi connectivity index (χ3v) is 4.12. The van der Waals surface area contributed by atoms with Crippen molar-refractivity contribution in [1.29, 1.82) is 0 Å². The molecule has 0 aliphatic heterocycles. The quantitative estimate of drug-likeness (QED) is 0.731. The summed E-state index contributed by atoms with van der Waals surface area (Å²) in [5.41, 5.74) is 4.12. The Morgan fingerprint density at radius 2 is 2.04 bits per heavy atom. The predicted molar refractivity (Wildman–Crippen MR) is 94.0 cm³/mol. The van der Waals surface area contributed by atoms with Gasteiger partial charge < -0.3 is 15.0 Å². The minimum absolute atomic E-state index is 0.0292. The molecule has 1 amide bonds. The van der Waals surface area contributed by atoms with E-state index in [4.69, 9.17) is 4.74 Å². The zero-order chi connectivity index (χ0) is 16.9. The van der Waals surface area contributed by atoms with Gasteiger partial charge in [0, 0.05) is 6.42 Å². The van der Waals surface area contributed by atoms with E-state index in [0.717, 1.165) is 27.9 Å². The highest BCUT2D eigenvalue weighted by molar-refractivity contribution is 5.78. The van der Waals surface area contributed by atoms with Crippen LogP contribution in [0.15, 0.2) is 48.8 Å². The standard InChI is InChI=1S/C19H21N3O2/c1-13(15-5-7-16(24-2)8-6-15)22-19(23)10-4-14-3-9-17-18(11-14)21-12-20-17/h3,5-9,11-13H,4,10H2,1-2H3,(H,20,21)(H,22,23). The molecule has 124 valence electrons. The lowest BCUT2D eigenvalue weighted by atomic mass is 10.1. The molecule has 0 aliphatic rings. The summed E-state index contributed by atoms with van der Waals surface area (Å²) in [6.07, 6.45) is 2.84. The summed E-state index contributed by atoms with van der Waals surface area (Å²) in [5.74, 6) is 0.856. The monoisotopic (exact) mass is 323 g/mol. The minimum Gasteiger partial charge on any atom is -0.497 e. The number of nitrogens with zero attached hydrogens (tertiary/aromatic N) is 1. The van der Waals surface area contributed by atoms with E-state index in [1.807, 2.05) is 49.4 Å². The average Bonchev–Trinajstić information content (AvgIpc) is 3.07. The summed E-state index contributed by atoms with van der Waals surface area (Å²) < 4.78 is 5.15. The summed E-state index contributed by atoms with van der Waals surface area (Å²) >= 11 is 0. The summed E-state index contributed by atoms with van der Waals surface area (Å²) in [4.78, 5) is 19.5. The molecule has 1 atom stereocenters. The van der Waals surface area contributed by atoms with E-state index in [9.17, 15) is 4.79 Å². The highest BCUT2D eigenvalue weighted by Gasteiger charge is 2.10. The van der Waals surface area contributed by atoms with Crippen LogP contribution in [0, 0.1) is 0 Å². The SMILES string of the molecule is COc1ccc(C(C)NC(=O)CCc2ccc3nc[nH]c3c2)cc1. The first-order valence-electron chi connectivity index (χ1n) is 8.01. The Labute approximate surface area is 141 Å². The smallest absolute Gasteiger partial charge is 0.220 e. The van der Waals surface area contributed by atoms with Crippen LogP contribution in [0.4, 0.5) is 0 Å². The van der Waals surface area contributed by atoms with Crippen molar-refractivity contribution in [2.24, 2.45) is 0 Å². The van der Waals surface area contributed by atoms with Gasteiger partial charge in [-0.15, -0.1) is 0 Å². The number of carbonyl (C=O) groups excluding carboxylic acids is 1. The van der Waals surface area contributed by atoms with Gasteiger partial charge in [-0.2, -0.15) is 0 Å². The largest absolute Gasteiger partial charge is 0.497 e. The molecule has 1 aromatic heterocycles. The predicted octanol–water partition coefficient (Wildman–Crippen LogP) is 3.38. The molecule has 0 aliphatic carbocycles. The van der Waals surface area contributed by atoms with E-state index < -0.39 is 0 Å². The van der Waals surface area contributed by atoms with Gasteiger partial charge in [0.15, 0.2) is 0 Å². The van der Waals surface area contributed by atoms with Crippen molar-refractivity contribution >= 4 is 16.9 Å². The number of amides is 1. The van der Waals surface area contributed by atoms with E-state index >= 15 is 0 Å². The van der Waals surface area contributed by atoms with Crippen molar-refractivity contribution in [2.45, 2.75) is 25.8 Å². The lowest BCUT2D eigenvalue weighted by molar-refractivity contribution is -0.121. The topological polar surface area (TPSA) is 67.0 Å². The summed E-state index contributed by atoms with van der Waals surface area (Å²) in [5, 5.41) is 3.04. The molecule has 2 N–H and O–H groups in total. The van der Waals surface area contributed by atoms with Crippen LogP contribution in [0.2, 0.25) is 0 Å². The maximum Gasteiger partial charge on any atom is 0.220 e. The second-order valence-corrected chi connectivity index (χ2v) is 5.82. The molecule has 2 aromatic carbocycles. The van der Waals surface area contributed by atoms with Gasteiger partial charge in [-0.1, -0.05) is 18.2 Å². The normalized spacial score (nSPS) is 12.1. The molecule has 0 saturated carbocycles. The fraction of sp³-hybridized carbons (Fsp3) is 0.263. The number of benzene rings is 2. The highest BCUT2D eigenvalue weighted by Crippen LogP contribution is 2.18. The number of hydrogen-bond donors (Lipinski definition) is 2. The number of methoxy groups -OCH3 is 1. The van der Waals surface area contributed by atoms with E-state index in [-0.39, 0.29) is 11.9 Å². The van der Waals surface area contributed by atoms with Crippen molar-refractivity contribution in [1.82, 2.24) is 15.3 Å². The molecule has 1 unspecified atom stereocenters. The molecule has 0 spiro atoms. The Morgan fingerprint density at radius 3 is 2.79 bits per heavy atom. The summed E-state index contributed by atoms with van der Waals surface area (Å²) in [7, 11) is 1.64. The van der Waals surface area contributed by atoms with Crippen molar-refractivity contribution in [3.8, 4) is 5.75 Å². The first-order chi connectivity index (χ1) is 11.7. The number of aromatic amines is 1. The fourth-order valence-corrected chi connectivity index (χ4v) is 2.69. The van der Waals surface area contributed by atoms with Gasteiger partial charge in [-0.05, 0) is 48.7 Å².